The molecule has 1 unspecified atom stereocenters. The molecule has 0 aliphatic carbocycles. The molecule has 2 aliphatic heterocycles. The van der Waals surface area contributed by atoms with Crippen LogP contribution in [0.3, 0.4) is 0 Å². The molecule has 5 nitrogen and oxygen atoms in total. The zero-order valence-electron chi connectivity index (χ0n) is 16.1. The second kappa shape index (κ2) is 8.50. The summed E-state index contributed by atoms with van der Waals surface area (Å²) in [4.78, 5) is 18.7. The second-order valence-electron chi connectivity index (χ2n) is 7.55. The molecule has 2 fully saturated rings. The highest BCUT2D eigenvalue weighted by molar-refractivity contribution is 5.74. The number of piperazine rings is 1. The Balaban J connectivity index is 1.22. The van der Waals surface area contributed by atoms with E-state index in [1.165, 1.54) is 11.8 Å². The molecule has 2 aliphatic rings. The van der Waals surface area contributed by atoms with Gasteiger partial charge in [-0.2, -0.15) is 0 Å². The molecule has 148 valence electrons. The number of halogens is 1. The summed E-state index contributed by atoms with van der Waals surface area (Å²) in [6.45, 7) is 5.24. The van der Waals surface area contributed by atoms with Crippen LogP contribution < -0.4 is 15.1 Å². The zero-order valence-corrected chi connectivity index (χ0v) is 16.1. The number of amides is 2. The van der Waals surface area contributed by atoms with Crippen molar-refractivity contribution in [3.8, 4) is 0 Å². The SMILES string of the molecule is O=C(NCC1CCN(c2ccccc2)C1)N1CCN(c2ccccc2F)CC1. The van der Waals surface area contributed by atoms with Crippen LogP contribution in [0.2, 0.25) is 0 Å². The fourth-order valence-electron chi connectivity index (χ4n) is 4.07. The molecule has 1 atom stereocenters. The van der Waals surface area contributed by atoms with E-state index in [1.54, 1.807) is 12.1 Å². The van der Waals surface area contributed by atoms with Crippen molar-refractivity contribution < 1.29 is 9.18 Å². The van der Waals surface area contributed by atoms with Gasteiger partial charge in [0, 0.05) is 51.5 Å². The lowest BCUT2D eigenvalue weighted by Crippen LogP contribution is -2.52. The van der Waals surface area contributed by atoms with Crippen molar-refractivity contribution in [3.05, 3.63) is 60.4 Å². The topological polar surface area (TPSA) is 38.8 Å². The lowest BCUT2D eigenvalue weighted by atomic mass is 10.1. The van der Waals surface area contributed by atoms with Crippen LogP contribution in [0, 0.1) is 11.7 Å². The first-order valence-electron chi connectivity index (χ1n) is 10.0. The molecule has 4 rings (SSSR count). The molecule has 0 spiro atoms. The fourth-order valence-corrected chi connectivity index (χ4v) is 4.07. The number of carbonyl (C=O) groups is 1. The first-order valence-corrected chi connectivity index (χ1v) is 10.0. The van der Waals surface area contributed by atoms with Gasteiger partial charge in [0.15, 0.2) is 0 Å². The molecule has 0 saturated carbocycles. The summed E-state index contributed by atoms with van der Waals surface area (Å²) in [5.74, 6) is 0.272. The molecule has 2 amide bonds. The molecule has 6 heteroatoms. The smallest absolute Gasteiger partial charge is 0.317 e. The number of urea groups is 1. The predicted octanol–water partition coefficient (Wildman–Crippen LogP) is 3.18. The lowest BCUT2D eigenvalue weighted by Gasteiger charge is -2.36. The summed E-state index contributed by atoms with van der Waals surface area (Å²) in [5.41, 5.74) is 1.87. The third kappa shape index (κ3) is 4.21. The van der Waals surface area contributed by atoms with Gasteiger partial charge in [-0.15, -0.1) is 0 Å². The number of nitrogens with one attached hydrogen (secondary N) is 1. The van der Waals surface area contributed by atoms with Gasteiger partial charge in [-0.25, -0.2) is 9.18 Å². The van der Waals surface area contributed by atoms with Gasteiger partial charge in [-0.3, -0.25) is 0 Å². The van der Waals surface area contributed by atoms with Crippen LogP contribution >= 0.6 is 0 Å². The Kier molecular flexibility index (Phi) is 5.65. The molecule has 0 radical (unpaired) electrons. The van der Waals surface area contributed by atoms with Crippen LogP contribution in [0.4, 0.5) is 20.6 Å². The molecule has 0 aromatic heterocycles. The maximum Gasteiger partial charge on any atom is 0.317 e. The Morgan fingerprint density at radius 1 is 0.929 bits per heavy atom. The zero-order chi connectivity index (χ0) is 19.3. The van der Waals surface area contributed by atoms with Gasteiger partial charge >= 0.3 is 6.03 Å². The van der Waals surface area contributed by atoms with Gasteiger partial charge in [-0.1, -0.05) is 30.3 Å². The highest BCUT2D eigenvalue weighted by Gasteiger charge is 2.26. The largest absolute Gasteiger partial charge is 0.371 e. The predicted molar refractivity (Wildman–Crippen MR) is 110 cm³/mol. The van der Waals surface area contributed by atoms with Gasteiger partial charge in [0.25, 0.3) is 0 Å². The number of para-hydroxylation sites is 2. The summed E-state index contributed by atoms with van der Waals surface area (Å²) >= 11 is 0. The molecule has 1 N–H and O–H groups in total. The van der Waals surface area contributed by atoms with Crippen molar-refractivity contribution >= 4 is 17.4 Å². The van der Waals surface area contributed by atoms with Crippen LogP contribution in [0.25, 0.3) is 0 Å². The lowest BCUT2D eigenvalue weighted by molar-refractivity contribution is 0.192. The van der Waals surface area contributed by atoms with E-state index in [0.717, 1.165) is 19.5 Å². The fraction of sp³-hybridized carbons (Fsp3) is 0.409. The van der Waals surface area contributed by atoms with Crippen molar-refractivity contribution in [2.45, 2.75) is 6.42 Å². The summed E-state index contributed by atoms with van der Waals surface area (Å²) in [5, 5.41) is 3.10. The minimum atomic E-state index is -0.204. The van der Waals surface area contributed by atoms with E-state index in [4.69, 9.17) is 0 Å². The Morgan fingerprint density at radius 3 is 2.39 bits per heavy atom. The highest BCUT2D eigenvalue weighted by atomic mass is 19.1. The van der Waals surface area contributed by atoms with Crippen molar-refractivity contribution in [2.24, 2.45) is 5.92 Å². The minimum absolute atomic E-state index is 0.00801. The number of nitrogens with zero attached hydrogens (tertiary/aromatic N) is 3. The molecular weight excluding hydrogens is 355 g/mol. The third-order valence-corrected chi connectivity index (χ3v) is 5.71. The Morgan fingerprint density at radius 2 is 1.64 bits per heavy atom. The monoisotopic (exact) mass is 382 g/mol. The van der Waals surface area contributed by atoms with E-state index in [-0.39, 0.29) is 11.8 Å². The Labute approximate surface area is 165 Å². The first-order chi connectivity index (χ1) is 13.7. The molecule has 0 bridgehead atoms. The summed E-state index contributed by atoms with van der Waals surface area (Å²) in [6, 6.07) is 17.2. The quantitative estimate of drug-likeness (QED) is 0.883. The number of benzene rings is 2. The van der Waals surface area contributed by atoms with Crippen LogP contribution in [0.1, 0.15) is 6.42 Å². The average Bonchev–Trinajstić information content (AvgIpc) is 3.22. The number of hydrogen-bond acceptors (Lipinski definition) is 3. The van der Waals surface area contributed by atoms with E-state index in [9.17, 15) is 9.18 Å². The molecule has 2 heterocycles. The van der Waals surface area contributed by atoms with Crippen molar-refractivity contribution in [3.63, 3.8) is 0 Å². The van der Waals surface area contributed by atoms with E-state index < -0.39 is 0 Å². The van der Waals surface area contributed by atoms with E-state index in [0.29, 0.717) is 44.3 Å². The van der Waals surface area contributed by atoms with Gasteiger partial charge in [0.1, 0.15) is 5.82 Å². The Bertz CT molecular complexity index is 792. The van der Waals surface area contributed by atoms with Crippen LogP contribution in [-0.2, 0) is 0 Å². The molecule has 2 saturated heterocycles. The van der Waals surface area contributed by atoms with Gasteiger partial charge in [0.05, 0.1) is 5.69 Å². The summed E-state index contributed by atoms with van der Waals surface area (Å²) < 4.78 is 13.9. The second-order valence-corrected chi connectivity index (χ2v) is 7.55. The van der Waals surface area contributed by atoms with E-state index in [1.807, 2.05) is 21.9 Å². The van der Waals surface area contributed by atoms with Gasteiger partial charge < -0.3 is 20.0 Å². The van der Waals surface area contributed by atoms with Gasteiger partial charge in [-0.05, 0) is 36.6 Å². The Hall–Kier alpha value is -2.76. The standard InChI is InChI=1S/C22H27FN4O/c23-20-8-4-5-9-21(20)25-12-14-26(15-13-25)22(28)24-16-18-10-11-27(17-18)19-6-2-1-3-7-19/h1-9,18H,10-17H2,(H,24,28). The number of hydrogen-bond donors (Lipinski definition) is 1. The highest BCUT2D eigenvalue weighted by Crippen LogP contribution is 2.23. The third-order valence-electron chi connectivity index (χ3n) is 5.71. The molecule has 2 aromatic rings. The van der Waals surface area contributed by atoms with Crippen LogP contribution in [-0.4, -0.2) is 56.7 Å². The van der Waals surface area contributed by atoms with Crippen molar-refractivity contribution in [1.29, 1.82) is 0 Å². The van der Waals surface area contributed by atoms with Crippen LogP contribution in [0.5, 0.6) is 0 Å². The number of rotatable bonds is 4. The molecular formula is C22H27FN4O. The first kappa shape index (κ1) is 18.6. The van der Waals surface area contributed by atoms with Gasteiger partial charge in [0.2, 0.25) is 0 Å². The maximum atomic E-state index is 13.9. The summed E-state index contributed by atoms with van der Waals surface area (Å²) in [6.07, 6.45) is 1.09. The summed E-state index contributed by atoms with van der Waals surface area (Å²) in [7, 11) is 0. The van der Waals surface area contributed by atoms with Crippen molar-refractivity contribution in [1.82, 2.24) is 10.2 Å². The van der Waals surface area contributed by atoms with Crippen LogP contribution in [0.15, 0.2) is 54.6 Å². The van der Waals surface area contributed by atoms with E-state index >= 15 is 0 Å². The van der Waals surface area contributed by atoms with E-state index in [2.05, 4.69) is 34.5 Å². The minimum Gasteiger partial charge on any atom is -0.371 e. The van der Waals surface area contributed by atoms with Crippen molar-refractivity contribution in [2.75, 3.05) is 55.6 Å². The number of carbonyl (C=O) groups excluding carboxylic acids is 1. The molecule has 2 aromatic carbocycles. The average molecular weight is 382 g/mol. The maximum absolute atomic E-state index is 13.9. The number of anilines is 2. The molecule has 28 heavy (non-hydrogen) atoms. The normalized spacial score (nSPS) is 19.8.